The lowest BCUT2D eigenvalue weighted by Gasteiger charge is -2.36. The predicted octanol–water partition coefficient (Wildman–Crippen LogP) is 5.48. The van der Waals surface area contributed by atoms with Crippen LogP contribution in [0.15, 0.2) is 94.0 Å². The normalized spacial score (nSPS) is 16.6. The molecule has 2 amide bonds. The first-order chi connectivity index (χ1) is 18.9. The number of rotatable bonds is 6. The van der Waals surface area contributed by atoms with Crippen molar-refractivity contribution >= 4 is 67.9 Å². The number of hydrogen-bond acceptors (Lipinski definition) is 6. The average molecular weight is 604 g/mol. The molecule has 1 fully saturated rings. The minimum atomic E-state index is -0.219. The summed E-state index contributed by atoms with van der Waals surface area (Å²) in [6.45, 7) is 4.20. The summed E-state index contributed by atoms with van der Waals surface area (Å²) in [5, 5.41) is 0.493. The molecule has 0 aromatic heterocycles. The number of hydrogen-bond donors (Lipinski definition) is 0. The molecular weight excluding hydrogens is 576 g/mol. The highest BCUT2D eigenvalue weighted by molar-refractivity contribution is 9.10. The molecule has 0 radical (unpaired) electrons. The Balaban J connectivity index is 1.25. The van der Waals surface area contributed by atoms with Crippen LogP contribution in [-0.4, -0.2) is 59.6 Å². The lowest BCUT2D eigenvalue weighted by molar-refractivity contribution is -0.128. The van der Waals surface area contributed by atoms with Gasteiger partial charge in [0, 0.05) is 41.9 Å². The van der Waals surface area contributed by atoms with E-state index in [2.05, 4.69) is 25.8 Å². The van der Waals surface area contributed by atoms with E-state index in [1.165, 1.54) is 11.8 Å². The molecule has 2 aliphatic rings. The number of amidine groups is 1. The molecule has 2 aliphatic heterocycles. The first kappa shape index (κ1) is 26.9. The van der Waals surface area contributed by atoms with Crippen LogP contribution in [0.5, 0.6) is 0 Å². The first-order valence-electron chi connectivity index (χ1n) is 12.6. The summed E-state index contributed by atoms with van der Waals surface area (Å²) >= 11 is 4.71. The molecule has 1 saturated heterocycles. The van der Waals surface area contributed by atoms with Crippen LogP contribution in [0.25, 0.3) is 6.08 Å². The van der Waals surface area contributed by atoms with Gasteiger partial charge in [0.25, 0.3) is 5.91 Å². The van der Waals surface area contributed by atoms with E-state index in [0.717, 1.165) is 15.7 Å². The molecule has 0 N–H and O–H groups in total. The molecule has 0 spiro atoms. The second-order valence-electron chi connectivity index (χ2n) is 9.21. The van der Waals surface area contributed by atoms with Gasteiger partial charge >= 0.3 is 0 Å². The van der Waals surface area contributed by atoms with Crippen molar-refractivity contribution < 1.29 is 14.4 Å². The number of ketones is 1. The number of amides is 2. The minimum absolute atomic E-state index is 0.0140. The van der Waals surface area contributed by atoms with Gasteiger partial charge in [0.1, 0.15) is 5.70 Å². The molecule has 5 rings (SSSR count). The molecule has 3 aromatic carbocycles. The summed E-state index contributed by atoms with van der Waals surface area (Å²) in [5.74, 6) is 0.0299. The van der Waals surface area contributed by atoms with Crippen molar-refractivity contribution in [2.75, 3.05) is 41.7 Å². The zero-order valence-corrected chi connectivity index (χ0v) is 23.8. The summed E-state index contributed by atoms with van der Waals surface area (Å²) in [6.07, 6.45) is 1.77. The summed E-state index contributed by atoms with van der Waals surface area (Å²) in [7, 11) is 0. The Hall–Kier alpha value is -3.69. The van der Waals surface area contributed by atoms with Gasteiger partial charge in [0.05, 0.1) is 11.4 Å². The van der Waals surface area contributed by atoms with Gasteiger partial charge in [0.15, 0.2) is 11.0 Å². The molecule has 0 atom stereocenters. The number of carbonyl (C=O) groups is 3. The molecule has 0 bridgehead atoms. The van der Waals surface area contributed by atoms with Crippen molar-refractivity contribution in [3.63, 3.8) is 0 Å². The van der Waals surface area contributed by atoms with Crippen molar-refractivity contribution in [1.82, 2.24) is 4.90 Å². The molecule has 2 heterocycles. The maximum absolute atomic E-state index is 13.4. The number of piperazine rings is 1. The summed E-state index contributed by atoms with van der Waals surface area (Å²) < 4.78 is 0.957. The summed E-state index contributed by atoms with van der Waals surface area (Å²) in [5.41, 5.74) is 3.65. The number of thioether (sulfide) groups is 1. The number of carbonyl (C=O) groups excluding carboxylic acids is 3. The van der Waals surface area contributed by atoms with Crippen LogP contribution in [-0.2, 0) is 9.59 Å². The van der Waals surface area contributed by atoms with E-state index in [9.17, 15) is 14.4 Å². The van der Waals surface area contributed by atoms with Crippen LogP contribution in [0.4, 0.5) is 11.4 Å². The molecule has 0 saturated carbocycles. The highest BCUT2D eigenvalue weighted by Gasteiger charge is 2.33. The Labute approximate surface area is 240 Å². The second-order valence-corrected chi connectivity index (χ2v) is 11.1. The van der Waals surface area contributed by atoms with E-state index < -0.39 is 0 Å². The van der Waals surface area contributed by atoms with Gasteiger partial charge in [-0.25, -0.2) is 4.99 Å². The molecule has 7 nitrogen and oxygen atoms in total. The number of halogens is 1. The molecular formula is C30H27BrN4O3S. The van der Waals surface area contributed by atoms with Gasteiger partial charge in [-0.15, -0.1) is 0 Å². The third kappa shape index (κ3) is 6.32. The lowest BCUT2D eigenvalue weighted by atomic mass is 10.1. The molecule has 0 aliphatic carbocycles. The fraction of sp³-hybridized carbons (Fsp3) is 0.200. The fourth-order valence-corrected chi connectivity index (χ4v) is 5.63. The maximum atomic E-state index is 13.4. The Morgan fingerprint density at radius 3 is 2.21 bits per heavy atom. The van der Waals surface area contributed by atoms with Crippen molar-refractivity contribution in [3.05, 3.63) is 100 Å². The highest BCUT2D eigenvalue weighted by Crippen LogP contribution is 2.30. The molecule has 198 valence electrons. The fourth-order valence-electron chi connectivity index (χ4n) is 4.45. The van der Waals surface area contributed by atoms with Crippen LogP contribution in [0.3, 0.4) is 0 Å². The van der Waals surface area contributed by atoms with Gasteiger partial charge in [-0.05, 0) is 67.1 Å². The Bertz CT molecular complexity index is 1430. The van der Waals surface area contributed by atoms with E-state index in [1.54, 1.807) is 17.9 Å². The average Bonchev–Trinajstić information content (AvgIpc) is 3.27. The topological polar surface area (TPSA) is 73.3 Å². The quantitative estimate of drug-likeness (QED) is 0.276. The first-order valence-corrected chi connectivity index (χ1v) is 14.4. The van der Waals surface area contributed by atoms with Crippen LogP contribution >= 0.6 is 27.7 Å². The molecule has 0 unspecified atom stereocenters. The Kier molecular flexibility index (Phi) is 8.28. The standard InChI is InChI=1S/C30H27BrN4O3S/c1-21(36)23-9-13-25(14-10-23)33-15-17-34(18-16-33)28(37)20-39-30-32-27(19-22-7-11-24(31)12-8-22)29(38)35(30)26-5-3-2-4-6-26/h2-14,19H,15-18,20H2,1H3. The largest absolute Gasteiger partial charge is 0.368 e. The summed E-state index contributed by atoms with van der Waals surface area (Å²) in [6, 6.07) is 24.6. The molecule has 9 heteroatoms. The number of aliphatic imine (C=N–C) groups is 1. The van der Waals surface area contributed by atoms with Crippen LogP contribution < -0.4 is 9.80 Å². The van der Waals surface area contributed by atoms with Crippen molar-refractivity contribution in [2.45, 2.75) is 6.92 Å². The summed E-state index contributed by atoms with van der Waals surface area (Å²) in [4.78, 5) is 48.3. The van der Waals surface area contributed by atoms with E-state index in [4.69, 9.17) is 0 Å². The number of Topliss-reactive ketones (excluding diaryl/α,β-unsaturated/α-hetero) is 1. The van der Waals surface area contributed by atoms with Crippen LogP contribution in [0.1, 0.15) is 22.8 Å². The third-order valence-corrected chi connectivity index (χ3v) is 8.07. The zero-order chi connectivity index (χ0) is 27.4. The Morgan fingerprint density at radius 2 is 1.56 bits per heavy atom. The van der Waals surface area contributed by atoms with Crippen molar-refractivity contribution in [1.29, 1.82) is 0 Å². The monoisotopic (exact) mass is 602 g/mol. The van der Waals surface area contributed by atoms with E-state index >= 15 is 0 Å². The molecule has 39 heavy (non-hydrogen) atoms. The SMILES string of the molecule is CC(=O)c1ccc(N2CCN(C(=O)CSC3=NC(=Cc4ccc(Br)cc4)C(=O)N3c3ccccc3)CC2)cc1. The van der Waals surface area contributed by atoms with E-state index in [0.29, 0.717) is 48.3 Å². The van der Waals surface area contributed by atoms with Gasteiger partial charge < -0.3 is 9.80 Å². The minimum Gasteiger partial charge on any atom is -0.368 e. The number of para-hydroxylation sites is 1. The number of benzene rings is 3. The Morgan fingerprint density at radius 1 is 0.897 bits per heavy atom. The smallest absolute Gasteiger partial charge is 0.283 e. The van der Waals surface area contributed by atoms with Crippen molar-refractivity contribution in [2.24, 2.45) is 4.99 Å². The lowest BCUT2D eigenvalue weighted by Crippen LogP contribution is -2.49. The van der Waals surface area contributed by atoms with Gasteiger partial charge in [0.2, 0.25) is 5.91 Å². The van der Waals surface area contributed by atoms with Crippen LogP contribution in [0.2, 0.25) is 0 Å². The zero-order valence-electron chi connectivity index (χ0n) is 21.4. The van der Waals surface area contributed by atoms with E-state index in [1.807, 2.05) is 83.8 Å². The predicted molar refractivity (Wildman–Crippen MR) is 161 cm³/mol. The second kappa shape index (κ2) is 12.0. The highest BCUT2D eigenvalue weighted by atomic mass is 79.9. The van der Waals surface area contributed by atoms with Gasteiger partial charge in [-0.2, -0.15) is 0 Å². The number of anilines is 2. The third-order valence-electron chi connectivity index (χ3n) is 6.61. The van der Waals surface area contributed by atoms with Gasteiger partial charge in [-0.1, -0.05) is 58.0 Å². The van der Waals surface area contributed by atoms with Crippen molar-refractivity contribution in [3.8, 4) is 0 Å². The van der Waals surface area contributed by atoms with Gasteiger partial charge in [-0.3, -0.25) is 19.3 Å². The number of nitrogens with zero attached hydrogens (tertiary/aromatic N) is 4. The van der Waals surface area contributed by atoms with Crippen LogP contribution in [0, 0.1) is 0 Å². The molecule has 3 aromatic rings. The van der Waals surface area contributed by atoms with E-state index in [-0.39, 0.29) is 23.4 Å². The maximum Gasteiger partial charge on any atom is 0.283 e.